The lowest BCUT2D eigenvalue weighted by molar-refractivity contribution is -0.134. The van der Waals surface area contributed by atoms with Gasteiger partial charge in [0, 0.05) is 82.3 Å². The van der Waals surface area contributed by atoms with Crippen LogP contribution < -0.4 is 36.0 Å². The van der Waals surface area contributed by atoms with Gasteiger partial charge in [0.05, 0.1) is 46.3 Å². The Bertz CT molecular complexity index is 2650. The van der Waals surface area contributed by atoms with Crippen molar-refractivity contribution in [1.82, 2.24) is 34.5 Å². The number of carbonyl (C=O) groups is 2. The van der Waals surface area contributed by atoms with Gasteiger partial charge in [-0.1, -0.05) is 23.7 Å². The van der Waals surface area contributed by atoms with Crippen LogP contribution in [0.25, 0.3) is 21.8 Å². The van der Waals surface area contributed by atoms with Gasteiger partial charge in [-0.2, -0.15) is 10.1 Å². The Labute approximate surface area is 361 Å². The summed E-state index contributed by atoms with van der Waals surface area (Å²) in [6, 6.07) is 10.8. The van der Waals surface area contributed by atoms with E-state index in [-0.39, 0.29) is 29.2 Å². The van der Waals surface area contributed by atoms with Gasteiger partial charge in [-0.25, -0.2) is 13.8 Å². The summed E-state index contributed by atoms with van der Waals surface area (Å²) in [4.78, 5) is 54.5. The maximum absolute atomic E-state index is 15.2. The normalized spacial score (nSPS) is 22.8. The Balaban J connectivity index is 0.790. The molecule has 10 rings (SSSR count). The quantitative estimate of drug-likeness (QED) is 0.162. The molecule has 4 fully saturated rings. The van der Waals surface area contributed by atoms with E-state index in [0.29, 0.717) is 71.0 Å². The molecule has 2 amide bonds. The predicted molar refractivity (Wildman–Crippen MR) is 234 cm³/mol. The number of nitrogens with one attached hydrogen (secondary N) is 3. The van der Waals surface area contributed by atoms with E-state index in [9.17, 15) is 14.4 Å². The van der Waals surface area contributed by atoms with Crippen LogP contribution in [-0.4, -0.2) is 105 Å². The van der Waals surface area contributed by atoms with Crippen LogP contribution in [0, 0.1) is 11.8 Å². The summed E-state index contributed by atoms with van der Waals surface area (Å²) in [7, 11) is 3.53. The van der Waals surface area contributed by atoms with E-state index in [1.165, 1.54) is 4.57 Å². The lowest BCUT2D eigenvalue weighted by atomic mass is 9.89. The van der Waals surface area contributed by atoms with Crippen LogP contribution >= 0.6 is 11.6 Å². The minimum absolute atomic E-state index is 0.107. The zero-order valence-corrected chi connectivity index (χ0v) is 35.7. The molecule has 0 bridgehead atoms. The van der Waals surface area contributed by atoms with Crippen molar-refractivity contribution in [2.24, 2.45) is 25.9 Å². The lowest BCUT2D eigenvalue weighted by Crippen LogP contribution is -2.53. The second kappa shape index (κ2) is 15.7. The number of imide groups is 1. The lowest BCUT2D eigenvalue weighted by Gasteiger charge is -2.44. The molecule has 3 saturated heterocycles. The summed E-state index contributed by atoms with van der Waals surface area (Å²) < 4.78 is 39.2. The first-order chi connectivity index (χ1) is 29.8. The number of benzene rings is 2. The van der Waals surface area contributed by atoms with Crippen LogP contribution in [0.3, 0.4) is 0 Å². The molecule has 1 saturated carbocycles. The van der Waals surface area contributed by atoms with Crippen molar-refractivity contribution in [2.45, 2.75) is 69.4 Å². The molecule has 62 heavy (non-hydrogen) atoms. The minimum atomic E-state index is -3.13. The Morgan fingerprint density at radius 3 is 2.47 bits per heavy atom. The molecule has 326 valence electrons. The summed E-state index contributed by atoms with van der Waals surface area (Å²) in [6.07, 6.45) is 5.74. The fraction of sp³-hybridized carbons (Fsp3) is 0.500. The molecule has 1 aliphatic carbocycles. The van der Waals surface area contributed by atoms with Crippen LogP contribution in [0.15, 0.2) is 47.4 Å². The number of fused-ring (bicyclic) bond motifs is 4. The number of pyridine rings is 1. The van der Waals surface area contributed by atoms with Crippen molar-refractivity contribution in [2.75, 3.05) is 66.3 Å². The van der Waals surface area contributed by atoms with Gasteiger partial charge in [-0.05, 0) is 75.1 Å². The van der Waals surface area contributed by atoms with Crippen LogP contribution in [-0.2, 0) is 23.7 Å². The third-order valence-electron chi connectivity index (χ3n) is 13.8. The van der Waals surface area contributed by atoms with Gasteiger partial charge in [-0.3, -0.25) is 29.3 Å². The first-order valence-electron chi connectivity index (χ1n) is 21.6. The molecule has 15 nitrogen and oxygen atoms in total. The van der Waals surface area contributed by atoms with E-state index in [4.69, 9.17) is 26.4 Å². The molecule has 3 N–H and O–H groups in total. The van der Waals surface area contributed by atoms with Crippen molar-refractivity contribution >= 4 is 74.0 Å². The topological polar surface area (TPSA) is 155 Å². The zero-order valence-electron chi connectivity index (χ0n) is 35.0. The monoisotopic (exact) mass is 869 g/mol. The number of halogens is 3. The summed E-state index contributed by atoms with van der Waals surface area (Å²) in [5, 5.41) is 15.5. The number of aromatic nitrogens is 5. The SMILES string of the molecule is C[C@H](C1CCN(c2ncc(Cl)c(Nc3ccc4c(c3)c3c(c(=O)n4C)OCC(F)(F)[C@H](C4CC4)N3)n2)CC1)N1CCN(c2cccc3c(C4CCC(=O)NC4=O)nn(C)c23)CC1. The number of hydrogen-bond donors (Lipinski definition) is 3. The highest BCUT2D eigenvalue weighted by molar-refractivity contribution is 6.33. The average Bonchev–Trinajstić information content (AvgIpc) is 4.07. The smallest absolute Gasteiger partial charge is 0.301 e. The maximum Gasteiger partial charge on any atom is 0.301 e. The summed E-state index contributed by atoms with van der Waals surface area (Å²) in [5.74, 6) is -2.88. The molecule has 1 unspecified atom stereocenters. The van der Waals surface area contributed by atoms with Gasteiger partial charge in [0.25, 0.3) is 5.56 Å². The van der Waals surface area contributed by atoms with Gasteiger partial charge < -0.3 is 29.7 Å². The number of para-hydroxylation sites is 1. The first kappa shape index (κ1) is 40.5. The molecule has 0 radical (unpaired) electrons. The number of piperidine rings is 2. The van der Waals surface area contributed by atoms with Crippen molar-refractivity contribution in [3.8, 4) is 5.75 Å². The Hall–Kier alpha value is -5.55. The molecule has 5 aliphatic rings. The molecule has 3 atom stereocenters. The fourth-order valence-electron chi connectivity index (χ4n) is 10.1. The molecule has 0 spiro atoms. The third-order valence-corrected chi connectivity index (χ3v) is 14.1. The van der Waals surface area contributed by atoms with Gasteiger partial charge in [-0.15, -0.1) is 0 Å². The number of aryl methyl sites for hydroxylation is 2. The molecule has 2 aromatic carbocycles. The minimum Gasteiger partial charge on any atom is -0.480 e. The second-order valence-corrected chi connectivity index (χ2v) is 18.0. The Kier molecular flexibility index (Phi) is 10.2. The number of anilines is 5. The number of piperazine rings is 1. The molecular formula is C44H50ClF2N11O4. The Morgan fingerprint density at radius 1 is 0.952 bits per heavy atom. The van der Waals surface area contributed by atoms with Gasteiger partial charge in [0.2, 0.25) is 23.5 Å². The number of alkyl halides is 2. The number of nitrogens with zero attached hydrogens (tertiary/aromatic N) is 8. The number of rotatable bonds is 8. The van der Waals surface area contributed by atoms with Gasteiger partial charge in [0.15, 0.2) is 12.4 Å². The van der Waals surface area contributed by atoms with Gasteiger partial charge >= 0.3 is 5.92 Å². The third kappa shape index (κ3) is 7.25. The molecule has 3 aromatic heterocycles. The van der Waals surface area contributed by atoms with Crippen molar-refractivity contribution < 1.29 is 23.1 Å². The van der Waals surface area contributed by atoms with E-state index < -0.39 is 30.0 Å². The van der Waals surface area contributed by atoms with Crippen LogP contribution in [0.4, 0.5) is 37.6 Å². The average molecular weight is 870 g/mol. The fourth-order valence-corrected chi connectivity index (χ4v) is 10.2. The van der Waals surface area contributed by atoms with Crippen LogP contribution in [0.5, 0.6) is 5.75 Å². The molecule has 18 heteroatoms. The number of amides is 2. The van der Waals surface area contributed by atoms with E-state index >= 15 is 8.78 Å². The van der Waals surface area contributed by atoms with E-state index in [2.05, 4.69) is 48.6 Å². The van der Waals surface area contributed by atoms with Crippen molar-refractivity contribution in [1.29, 1.82) is 0 Å². The molecular weight excluding hydrogens is 820 g/mol. The number of ether oxygens (including phenoxy) is 1. The second-order valence-electron chi connectivity index (χ2n) is 17.6. The zero-order chi connectivity index (χ0) is 43.0. The van der Waals surface area contributed by atoms with E-state index in [0.717, 1.165) is 74.4 Å². The highest BCUT2D eigenvalue weighted by Crippen LogP contribution is 2.46. The van der Waals surface area contributed by atoms with E-state index in [1.807, 2.05) is 29.9 Å². The van der Waals surface area contributed by atoms with Gasteiger partial charge in [0.1, 0.15) is 5.02 Å². The van der Waals surface area contributed by atoms with Crippen LogP contribution in [0.2, 0.25) is 5.02 Å². The predicted octanol–water partition coefficient (Wildman–Crippen LogP) is 5.78. The number of carbonyl (C=O) groups excluding carboxylic acids is 2. The molecule has 7 heterocycles. The highest BCUT2D eigenvalue weighted by Gasteiger charge is 2.51. The Morgan fingerprint density at radius 2 is 1.73 bits per heavy atom. The van der Waals surface area contributed by atoms with Crippen molar-refractivity contribution in [3.05, 3.63) is 63.7 Å². The van der Waals surface area contributed by atoms with Crippen LogP contribution in [0.1, 0.15) is 57.1 Å². The summed E-state index contributed by atoms with van der Waals surface area (Å²) in [6.45, 7) is 6.66. The largest absolute Gasteiger partial charge is 0.480 e. The first-order valence-corrected chi connectivity index (χ1v) is 22.0. The highest BCUT2D eigenvalue weighted by atomic mass is 35.5. The summed E-state index contributed by atoms with van der Waals surface area (Å²) in [5.41, 5.74) is 3.84. The molecule has 5 aromatic rings. The van der Waals surface area contributed by atoms with E-state index in [1.54, 1.807) is 25.4 Å². The maximum atomic E-state index is 15.2. The number of hydrogen-bond acceptors (Lipinski definition) is 12. The summed E-state index contributed by atoms with van der Waals surface area (Å²) >= 11 is 6.65. The van der Waals surface area contributed by atoms with Crippen molar-refractivity contribution in [3.63, 3.8) is 0 Å². The molecule has 4 aliphatic heterocycles. The standard InChI is InChI=1S/C44H50ClF2N11O4/c1-24(56-17-19-57(20-18-56)33-6-4-5-28-35(53-55(3)37(28)33)29-10-12-34(59)50-41(29)60)25-13-15-58(16-14-25)43-48-22-31(45)40(52-43)49-27-9-11-32-30(21-27)36-38(42(61)54(32)2)62-23-44(46,47)39(51-36)26-7-8-26/h4-6,9,11,21-22,24-26,29,39,51H,7-8,10,12-20,23H2,1-3H3,(H,48,49,52)(H,50,59,60)/t24-,29?,39+/m1/s1.